The van der Waals surface area contributed by atoms with Crippen LogP contribution in [0.25, 0.3) is 16.4 Å². The van der Waals surface area contributed by atoms with E-state index in [4.69, 9.17) is 5.10 Å². The molecule has 0 fully saturated rings. The molecule has 0 saturated heterocycles. The van der Waals surface area contributed by atoms with Gasteiger partial charge in [0.2, 0.25) is 0 Å². The van der Waals surface area contributed by atoms with Crippen molar-refractivity contribution in [3.8, 4) is 0 Å². The minimum absolute atomic E-state index is 0.130. The third-order valence-corrected chi connectivity index (χ3v) is 5.75. The van der Waals surface area contributed by atoms with E-state index in [1.165, 1.54) is 11.1 Å². The second-order valence-electron chi connectivity index (χ2n) is 8.50. The van der Waals surface area contributed by atoms with Crippen molar-refractivity contribution in [2.75, 3.05) is 19.4 Å². The summed E-state index contributed by atoms with van der Waals surface area (Å²) in [6.07, 6.45) is 0. The zero-order valence-corrected chi connectivity index (χ0v) is 18.6. The molecule has 2 heterocycles. The summed E-state index contributed by atoms with van der Waals surface area (Å²) in [5.74, 6) is 2.09. The summed E-state index contributed by atoms with van der Waals surface area (Å²) in [7, 11) is 4.28. The molecule has 6 heteroatoms. The summed E-state index contributed by atoms with van der Waals surface area (Å²) in [6.45, 7) is 8.65. The maximum absolute atomic E-state index is 4.86. The highest BCUT2D eigenvalue weighted by Gasteiger charge is 2.26. The molecule has 0 amide bonds. The lowest BCUT2D eigenvalue weighted by atomic mass is 9.89. The molecule has 0 radical (unpaired) electrons. The number of fused-ring (bicyclic) bond motifs is 3. The zero-order valence-electron chi connectivity index (χ0n) is 18.6. The highest BCUT2D eigenvalue weighted by Crippen LogP contribution is 2.32. The first-order chi connectivity index (χ1) is 14.4. The third-order valence-electron chi connectivity index (χ3n) is 5.75. The summed E-state index contributed by atoms with van der Waals surface area (Å²) in [5, 5.41) is 19.2. The van der Waals surface area contributed by atoms with E-state index >= 15 is 0 Å². The van der Waals surface area contributed by atoms with E-state index in [1.807, 2.05) is 23.6 Å². The number of benzene rings is 2. The Labute approximate surface area is 177 Å². The molecule has 2 atom stereocenters. The number of anilines is 1. The largest absolute Gasteiger partial charge is 0.364 e. The van der Waals surface area contributed by atoms with Crippen molar-refractivity contribution in [1.29, 1.82) is 0 Å². The molecule has 0 aliphatic rings. The summed E-state index contributed by atoms with van der Waals surface area (Å²) in [5.41, 5.74) is 3.52. The van der Waals surface area contributed by atoms with E-state index in [0.29, 0.717) is 5.92 Å². The van der Waals surface area contributed by atoms with Crippen LogP contribution < -0.4 is 5.32 Å². The average molecular weight is 403 g/mol. The zero-order chi connectivity index (χ0) is 21.4. The minimum Gasteiger partial charge on any atom is -0.364 e. The van der Waals surface area contributed by atoms with Crippen LogP contribution in [0.2, 0.25) is 0 Å². The number of likely N-dealkylation sites (N-methyl/N-ethyl adjacent to an activating group) is 1. The molecule has 1 N–H and O–H groups in total. The van der Waals surface area contributed by atoms with Gasteiger partial charge in [-0.3, -0.25) is 0 Å². The molecule has 4 rings (SSSR count). The predicted molar refractivity (Wildman–Crippen MR) is 123 cm³/mol. The van der Waals surface area contributed by atoms with E-state index in [2.05, 4.69) is 91.7 Å². The Morgan fingerprint density at radius 1 is 0.867 bits per heavy atom. The SMILES string of the molecule is Cc1nnc2c3ccccc3c(N[C@@H](C)[C@H](c3ccccc3C(C)C)N(C)C)nn12. The molecular weight excluding hydrogens is 372 g/mol. The van der Waals surface area contributed by atoms with Crippen molar-refractivity contribution in [2.24, 2.45) is 0 Å². The topological polar surface area (TPSA) is 58.4 Å². The van der Waals surface area contributed by atoms with E-state index in [1.54, 1.807) is 0 Å². The number of nitrogens with one attached hydrogen (secondary N) is 1. The minimum atomic E-state index is 0.130. The molecule has 0 bridgehead atoms. The molecule has 6 nitrogen and oxygen atoms in total. The summed E-state index contributed by atoms with van der Waals surface area (Å²) < 4.78 is 1.82. The maximum Gasteiger partial charge on any atom is 0.185 e. The Morgan fingerprint density at radius 3 is 2.17 bits per heavy atom. The van der Waals surface area contributed by atoms with E-state index in [0.717, 1.165) is 28.1 Å². The van der Waals surface area contributed by atoms with Crippen molar-refractivity contribution in [1.82, 2.24) is 24.7 Å². The van der Waals surface area contributed by atoms with Crippen LogP contribution in [0.1, 0.15) is 49.7 Å². The lowest BCUT2D eigenvalue weighted by molar-refractivity contribution is 0.273. The molecule has 0 unspecified atom stereocenters. The second kappa shape index (κ2) is 8.03. The fourth-order valence-corrected chi connectivity index (χ4v) is 4.39. The average Bonchev–Trinajstić information content (AvgIpc) is 3.09. The van der Waals surface area contributed by atoms with Crippen LogP contribution in [0.15, 0.2) is 48.5 Å². The number of hydrogen-bond acceptors (Lipinski definition) is 5. The molecule has 156 valence electrons. The van der Waals surface area contributed by atoms with Crippen LogP contribution in [0, 0.1) is 6.92 Å². The summed E-state index contributed by atoms with van der Waals surface area (Å²) in [4.78, 5) is 2.28. The van der Waals surface area contributed by atoms with Gasteiger partial charge in [-0.1, -0.05) is 62.4 Å². The molecule has 0 aliphatic carbocycles. The van der Waals surface area contributed by atoms with Crippen LogP contribution in [0.5, 0.6) is 0 Å². The normalized spacial score (nSPS) is 14.0. The van der Waals surface area contributed by atoms with Crippen LogP contribution in [0.4, 0.5) is 5.82 Å². The maximum atomic E-state index is 4.86. The standard InChI is InChI=1S/C24H30N6/c1-15(2)18-11-7-8-12-19(18)22(29(5)6)16(3)25-23-20-13-9-10-14-21(20)24-27-26-17(4)30(24)28-23/h7-16,22H,1-6H3,(H,25,28)/t16-,22+/m0/s1. The third kappa shape index (κ3) is 3.52. The van der Waals surface area contributed by atoms with Crippen molar-refractivity contribution < 1.29 is 0 Å². The fraction of sp³-hybridized carbons (Fsp3) is 0.375. The molecule has 0 spiro atoms. The predicted octanol–water partition coefficient (Wildman–Crippen LogP) is 4.81. The van der Waals surface area contributed by atoms with E-state index in [-0.39, 0.29) is 12.1 Å². The van der Waals surface area contributed by atoms with Gasteiger partial charge in [0.1, 0.15) is 0 Å². The Morgan fingerprint density at radius 2 is 1.50 bits per heavy atom. The molecule has 2 aromatic carbocycles. The Hall–Kier alpha value is -2.99. The second-order valence-corrected chi connectivity index (χ2v) is 8.50. The van der Waals surface area contributed by atoms with E-state index in [9.17, 15) is 0 Å². The van der Waals surface area contributed by atoms with Crippen molar-refractivity contribution in [3.05, 3.63) is 65.5 Å². The number of nitrogens with zero attached hydrogens (tertiary/aromatic N) is 5. The highest BCUT2D eigenvalue weighted by atomic mass is 15.4. The van der Waals surface area contributed by atoms with Crippen LogP contribution in [-0.2, 0) is 0 Å². The molecule has 0 saturated carbocycles. The smallest absolute Gasteiger partial charge is 0.185 e. The van der Waals surface area contributed by atoms with Gasteiger partial charge in [-0.05, 0) is 45.0 Å². The molecular formula is C24H30N6. The van der Waals surface area contributed by atoms with Crippen molar-refractivity contribution in [3.63, 3.8) is 0 Å². The van der Waals surface area contributed by atoms with Gasteiger partial charge in [0.05, 0.1) is 6.04 Å². The van der Waals surface area contributed by atoms with Gasteiger partial charge in [-0.15, -0.1) is 15.3 Å². The Kier molecular flexibility index (Phi) is 5.43. The van der Waals surface area contributed by atoms with Gasteiger partial charge in [-0.2, -0.15) is 4.52 Å². The Bertz CT molecular complexity index is 1180. The van der Waals surface area contributed by atoms with Crippen molar-refractivity contribution in [2.45, 2.75) is 45.7 Å². The van der Waals surface area contributed by atoms with Gasteiger partial charge < -0.3 is 10.2 Å². The number of aryl methyl sites for hydroxylation is 1. The first-order valence-electron chi connectivity index (χ1n) is 10.5. The number of rotatable bonds is 6. The molecule has 0 aliphatic heterocycles. The number of hydrogen-bond donors (Lipinski definition) is 1. The molecule has 4 aromatic rings. The highest BCUT2D eigenvalue weighted by molar-refractivity contribution is 5.99. The Balaban J connectivity index is 1.79. The van der Waals surface area contributed by atoms with Crippen LogP contribution >= 0.6 is 0 Å². The number of aromatic nitrogens is 4. The molecule has 30 heavy (non-hydrogen) atoms. The summed E-state index contributed by atoms with van der Waals surface area (Å²) >= 11 is 0. The van der Waals surface area contributed by atoms with Crippen molar-refractivity contribution >= 4 is 22.2 Å². The molecule has 2 aromatic heterocycles. The fourth-order valence-electron chi connectivity index (χ4n) is 4.39. The van der Waals surface area contributed by atoms with Crippen LogP contribution in [-0.4, -0.2) is 44.8 Å². The lowest BCUT2D eigenvalue weighted by Gasteiger charge is -2.33. The first kappa shape index (κ1) is 20.3. The van der Waals surface area contributed by atoms with E-state index < -0.39 is 0 Å². The van der Waals surface area contributed by atoms with Gasteiger partial charge in [0.15, 0.2) is 17.3 Å². The van der Waals surface area contributed by atoms with Gasteiger partial charge >= 0.3 is 0 Å². The quantitative estimate of drug-likeness (QED) is 0.501. The van der Waals surface area contributed by atoms with Gasteiger partial charge in [-0.25, -0.2) is 0 Å². The van der Waals surface area contributed by atoms with Crippen LogP contribution in [0.3, 0.4) is 0 Å². The lowest BCUT2D eigenvalue weighted by Crippen LogP contribution is -2.35. The monoisotopic (exact) mass is 402 g/mol. The van der Waals surface area contributed by atoms with Gasteiger partial charge in [0.25, 0.3) is 0 Å². The first-order valence-corrected chi connectivity index (χ1v) is 10.5. The summed E-state index contributed by atoms with van der Waals surface area (Å²) in [6, 6.07) is 17.3. The van der Waals surface area contributed by atoms with Gasteiger partial charge in [0, 0.05) is 16.8 Å².